The fraction of sp³-hybridized carbons (Fsp3) is 0.533. The maximum absolute atomic E-state index is 12.5. The van der Waals surface area contributed by atoms with Crippen molar-refractivity contribution in [2.45, 2.75) is 19.1 Å². The minimum atomic E-state index is -1.08. The summed E-state index contributed by atoms with van der Waals surface area (Å²) in [5.41, 5.74) is 0. The van der Waals surface area contributed by atoms with Crippen molar-refractivity contribution >= 4 is 17.8 Å². The fourth-order valence-corrected chi connectivity index (χ4v) is 2.94. The third-order valence-electron chi connectivity index (χ3n) is 4.14. The number of nitrogens with zero attached hydrogens (tertiary/aromatic N) is 2. The second kappa shape index (κ2) is 6.41. The lowest BCUT2D eigenvalue weighted by atomic mass is 10.1. The summed E-state index contributed by atoms with van der Waals surface area (Å²) in [5.74, 6) is -1.13. The molecule has 8 heteroatoms. The van der Waals surface area contributed by atoms with Gasteiger partial charge in [-0.2, -0.15) is 0 Å². The number of hydrogen-bond donors (Lipinski definition) is 1. The Balaban J connectivity index is 1.60. The Hall–Kier alpha value is -2.35. The van der Waals surface area contributed by atoms with Crippen LogP contribution in [0.15, 0.2) is 22.8 Å². The first-order valence-corrected chi connectivity index (χ1v) is 7.48. The van der Waals surface area contributed by atoms with Crippen LogP contribution in [0.5, 0.6) is 0 Å². The minimum absolute atomic E-state index is 0.0248. The minimum Gasteiger partial charge on any atom is -0.479 e. The van der Waals surface area contributed by atoms with Crippen molar-refractivity contribution in [3.8, 4) is 0 Å². The first-order valence-electron chi connectivity index (χ1n) is 7.48. The molecule has 2 amide bonds. The van der Waals surface area contributed by atoms with Crippen molar-refractivity contribution in [2.75, 3.05) is 26.2 Å². The smallest absolute Gasteiger partial charge is 0.334 e. The number of morpholine rings is 1. The number of rotatable bonds is 4. The number of hydrogen-bond acceptors (Lipinski definition) is 5. The van der Waals surface area contributed by atoms with Crippen molar-refractivity contribution in [1.82, 2.24) is 9.80 Å². The van der Waals surface area contributed by atoms with Crippen molar-refractivity contribution in [3.05, 3.63) is 24.2 Å². The van der Waals surface area contributed by atoms with E-state index in [1.807, 2.05) is 0 Å². The largest absolute Gasteiger partial charge is 0.479 e. The topological polar surface area (TPSA) is 100 Å². The number of carbonyl (C=O) groups excluding carboxylic acids is 2. The second-order valence-corrected chi connectivity index (χ2v) is 5.74. The number of aliphatic carboxylic acids is 1. The van der Waals surface area contributed by atoms with Gasteiger partial charge in [-0.3, -0.25) is 9.59 Å². The molecule has 0 aliphatic carbocycles. The Bertz CT molecular complexity index is 599. The van der Waals surface area contributed by atoms with Crippen molar-refractivity contribution < 1.29 is 28.6 Å². The molecule has 3 heterocycles. The Morgan fingerprint density at radius 2 is 2.17 bits per heavy atom. The molecule has 8 nitrogen and oxygen atoms in total. The average molecular weight is 322 g/mol. The highest BCUT2D eigenvalue weighted by Gasteiger charge is 2.39. The van der Waals surface area contributed by atoms with Crippen LogP contribution < -0.4 is 0 Å². The van der Waals surface area contributed by atoms with Crippen LogP contribution in [-0.4, -0.2) is 65.0 Å². The van der Waals surface area contributed by atoms with E-state index in [1.54, 1.807) is 17.0 Å². The number of ether oxygens (including phenoxy) is 1. The molecule has 2 fully saturated rings. The van der Waals surface area contributed by atoms with Gasteiger partial charge in [0.25, 0.3) is 0 Å². The highest BCUT2D eigenvalue weighted by atomic mass is 16.5. The molecule has 3 rings (SSSR count). The Kier molecular flexibility index (Phi) is 4.33. The molecule has 0 bridgehead atoms. The normalized spacial score (nSPS) is 25.0. The summed E-state index contributed by atoms with van der Waals surface area (Å²) in [6, 6.07) is 3.53. The van der Waals surface area contributed by atoms with Gasteiger partial charge < -0.3 is 24.1 Å². The van der Waals surface area contributed by atoms with E-state index in [2.05, 4.69) is 0 Å². The van der Waals surface area contributed by atoms with Crippen LogP contribution >= 0.6 is 0 Å². The fourth-order valence-electron chi connectivity index (χ4n) is 2.94. The van der Waals surface area contributed by atoms with Gasteiger partial charge in [-0.15, -0.1) is 0 Å². The number of carbonyl (C=O) groups is 3. The Morgan fingerprint density at radius 1 is 1.35 bits per heavy atom. The summed E-state index contributed by atoms with van der Waals surface area (Å²) in [6.07, 6.45) is 0.691. The molecule has 0 radical (unpaired) electrons. The van der Waals surface area contributed by atoms with Crippen LogP contribution in [0.2, 0.25) is 0 Å². The van der Waals surface area contributed by atoms with Crippen LogP contribution in [0.4, 0.5) is 0 Å². The van der Waals surface area contributed by atoms with E-state index in [-0.39, 0.29) is 31.4 Å². The van der Waals surface area contributed by atoms with E-state index in [1.165, 1.54) is 11.2 Å². The van der Waals surface area contributed by atoms with Gasteiger partial charge in [0.1, 0.15) is 5.76 Å². The maximum atomic E-state index is 12.5. The van der Waals surface area contributed by atoms with E-state index in [9.17, 15) is 14.4 Å². The monoisotopic (exact) mass is 322 g/mol. The molecular formula is C15H18N2O6. The van der Waals surface area contributed by atoms with Crippen LogP contribution in [-0.2, 0) is 25.7 Å². The van der Waals surface area contributed by atoms with Gasteiger partial charge in [-0.1, -0.05) is 0 Å². The maximum Gasteiger partial charge on any atom is 0.334 e. The lowest BCUT2D eigenvalue weighted by molar-refractivity contribution is -0.160. The van der Waals surface area contributed by atoms with Crippen LogP contribution in [0, 0.1) is 5.92 Å². The zero-order valence-corrected chi connectivity index (χ0v) is 12.5. The molecule has 1 aromatic heterocycles. The van der Waals surface area contributed by atoms with Crippen molar-refractivity contribution in [2.24, 2.45) is 5.92 Å². The lowest BCUT2D eigenvalue weighted by Gasteiger charge is -2.32. The molecule has 23 heavy (non-hydrogen) atoms. The number of carboxylic acid groups (broad SMARTS) is 1. The van der Waals surface area contributed by atoms with E-state index < -0.39 is 18.0 Å². The van der Waals surface area contributed by atoms with Crippen LogP contribution in [0.25, 0.3) is 0 Å². The highest BCUT2D eigenvalue weighted by molar-refractivity contribution is 5.89. The predicted molar refractivity (Wildman–Crippen MR) is 76.2 cm³/mol. The predicted octanol–water partition coefficient (Wildman–Crippen LogP) is -0.0599. The summed E-state index contributed by atoms with van der Waals surface area (Å²) in [7, 11) is 0. The standard InChI is InChI=1S/C15H18N2O6/c18-13-6-10(7-17(13)8-11-2-1-4-22-11)14(19)16-3-5-23-12(9-16)15(20)21/h1-2,4,10,12H,3,5-9H2,(H,20,21)/t10-,12+/m0/s1. The molecular weight excluding hydrogens is 304 g/mol. The zero-order chi connectivity index (χ0) is 16.4. The number of carboxylic acids is 1. The van der Waals surface area contributed by atoms with Crippen LogP contribution in [0.3, 0.4) is 0 Å². The van der Waals surface area contributed by atoms with E-state index in [4.69, 9.17) is 14.3 Å². The summed E-state index contributed by atoms with van der Waals surface area (Å²) in [5, 5.41) is 9.00. The summed E-state index contributed by atoms with van der Waals surface area (Å²) >= 11 is 0. The first-order chi connectivity index (χ1) is 11.0. The molecule has 0 spiro atoms. The molecule has 1 N–H and O–H groups in total. The summed E-state index contributed by atoms with van der Waals surface area (Å²) in [6.45, 7) is 1.24. The molecule has 2 saturated heterocycles. The van der Waals surface area contributed by atoms with Gasteiger partial charge >= 0.3 is 5.97 Å². The van der Waals surface area contributed by atoms with Gasteiger partial charge in [-0.25, -0.2) is 4.79 Å². The lowest BCUT2D eigenvalue weighted by Crippen LogP contribution is -2.50. The number of amides is 2. The van der Waals surface area contributed by atoms with Gasteiger partial charge in [0.05, 0.1) is 31.9 Å². The SMILES string of the molecule is O=C(O)[C@H]1CN(C(=O)[C@H]2CC(=O)N(Cc3ccco3)C2)CCO1. The first kappa shape index (κ1) is 15.5. The van der Waals surface area contributed by atoms with Gasteiger partial charge in [-0.05, 0) is 12.1 Å². The Morgan fingerprint density at radius 3 is 2.87 bits per heavy atom. The van der Waals surface area contributed by atoms with Crippen molar-refractivity contribution in [3.63, 3.8) is 0 Å². The van der Waals surface area contributed by atoms with E-state index in [0.717, 1.165) is 0 Å². The molecule has 1 aromatic rings. The molecule has 124 valence electrons. The second-order valence-electron chi connectivity index (χ2n) is 5.74. The molecule has 2 atom stereocenters. The Labute approximate surface area is 132 Å². The molecule has 0 aromatic carbocycles. The molecule has 2 aliphatic heterocycles. The third-order valence-corrected chi connectivity index (χ3v) is 4.14. The van der Waals surface area contributed by atoms with Gasteiger partial charge in [0.15, 0.2) is 6.10 Å². The van der Waals surface area contributed by atoms with Gasteiger partial charge in [0.2, 0.25) is 11.8 Å². The molecule has 0 unspecified atom stereocenters. The number of furan rings is 1. The summed E-state index contributed by atoms with van der Waals surface area (Å²) in [4.78, 5) is 38.7. The van der Waals surface area contributed by atoms with Gasteiger partial charge in [0, 0.05) is 19.5 Å². The molecule has 0 saturated carbocycles. The molecule has 2 aliphatic rings. The van der Waals surface area contributed by atoms with E-state index >= 15 is 0 Å². The third kappa shape index (κ3) is 3.37. The quantitative estimate of drug-likeness (QED) is 0.833. The van der Waals surface area contributed by atoms with Crippen LogP contribution in [0.1, 0.15) is 12.2 Å². The summed E-state index contributed by atoms with van der Waals surface area (Å²) < 4.78 is 10.3. The highest BCUT2D eigenvalue weighted by Crippen LogP contribution is 2.23. The average Bonchev–Trinajstić information content (AvgIpc) is 3.17. The zero-order valence-electron chi connectivity index (χ0n) is 12.5. The van der Waals surface area contributed by atoms with E-state index in [0.29, 0.717) is 25.4 Å². The van der Waals surface area contributed by atoms with Crippen molar-refractivity contribution in [1.29, 1.82) is 0 Å². The number of likely N-dealkylation sites (tertiary alicyclic amines) is 1.